The molecular formula is C31H40FNO5S. The normalized spacial score (nSPS) is 12.8. The Morgan fingerprint density at radius 1 is 0.923 bits per heavy atom. The highest BCUT2D eigenvalue weighted by Crippen LogP contribution is 2.40. The number of benzene rings is 2. The summed E-state index contributed by atoms with van der Waals surface area (Å²) in [4.78, 5) is 5.03. The quantitative estimate of drug-likeness (QED) is 0.218. The molecule has 3 rings (SSSR count). The van der Waals surface area contributed by atoms with Crippen LogP contribution in [0.2, 0.25) is 0 Å². The highest BCUT2D eigenvalue weighted by Gasteiger charge is 2.29. The molecule has 1 heterocycles. The number of aromatic nitrogens is 1. The second-order valence-electron chi connectivity index (χ2n) is 10.5. The molecule has 0 fully saturated rings. The topological polar surface area (TPSA) is 85.7 Å². The molecule has 6 nitrogen and oxygen atoms in total. The predicted molar refractivity (Wildman–Crippen MR) is 153 cm³/mol. The Morgan fingerprint density at radius 3 is 2.10 bits per heavy atom. The van der Waals surface area contributed by atoms with Crippen LogP contribution in [0.5, 0.6) is 5.75 Å². The van der Waals surface area contributed by atoms with Crippen molar-refractivity contribution in [3.8, 4) is 16.9 Å². The fraction of sp³-hybridized carbons (Fsp3) is 0.452. The summed E-state index contributed by atoms with van der Waals surface area (Å²) < 4.78 is 49.3. The summed E-state index contributed by atoms with van der Waals surface area (Å²) in [7, 11) is -4.45. The van der Waals surface area contributed by atoms with Gasteiger partial charge in [0.15, 0.2) is 0 Å². The third kappa shape index (κ3) is 8.10. The molecule has 8 heteroatoms. The van der Waals surface area contributed by atoms with E-state index >= 15 is 0 Å². The first kappa shape index (κ1) is 30.7. The Kier molecular flexibility index (Phi) is 10.6. The van der Waals surface area contributed by atoms with E-state index in [0.717, 1.165) is 53.6 Å². The molecule has 1 N–H and O–H groups in total. The van der Waals surface area contributed by atoms with Crippen LogP contribution in [-0.2, 0) is 21.0 Å². The monoisotopic (exact) mass is 557 g/mol. The lowest BCUT2D eigenvalue weighted by Crippen LogP contribution is -2.21. The minimum atomic E-state index is -4.45. The Labute approximate surface area is 232 Å². The molecular weight excluding hydrogens is 517 g/mol. The molecule has 0 bridgehead atoms. The molecule has 0 saturated heterocycles. The Morgan fingerprint density at radius 2 is 1.54 bits per heavy atom. The van der Waals surface area contributed by atoms with Crippen molar-refractivity contribution in [2.45, 2.75) is 85.2 Å². The van der Waals surface area contributed by atoms with Gasteiger partial charge in [0.05, 0.1) is 6.61 Å². The van der Waals surface area contributed by atoms with Crippen LogP contribution in [0.15, 0.2) is 48.5 Å². The van der Waals surface area contributed by atoms with E-state index in [4.69, 9.17) is 13.4 Å². The van der Waals surface area contributed by atoms with Crippen LogP contribution < -0.4 is 4.18 Å². The van der Waals surface area contributed by atoms with Crippen molar-refractivity contribution in [1.29, 1.82) is 0 Å². The van der Waals surface area contributed by atoms with E-state index in [-0.39, 0.29) is 23.4 Å². The van der Waals surface area contributed by atoms with Gasteiger partial charge in [-0.1, -0.05) is 77.3 Å². The number of pyridine rings is 1. The van der Waals surface area contributed by atoms with Crippen molar-refractivity contribution in [1.82, 2.24) is 4.98 Å². The molecule has 0 amide bonds. The van der Waals surface area contributed by atoms with Gasteiger partial charge in [-0.3, -0.25) is 4.98 Å². The average molecular weight is 558 g/mol. The number of unbranched alkanes of at least 4 members (excludes halogenated alkanes) is 2. The van der Waals surface area contributed by atoms with Gasteiger partial charge in [-0.25, -0.2) is 8.57 Å². The molecule has 0 spiro atoms. The molecule has 3 aromatic rings. The Hall–Kier alpha value is -2.81. The number of aryl methyl sites for hydroxylation is 1. The molecule has 0 aliphatic heterocycles. The summed E-state index contributed by atoms with van der Waals surface area (Å²) >= 11 is 0. The van der Waals surface area contributed by atoms with Gasteiger partial charge in [-0.05, 0) is 72.6 Å². The minimum Gasteiger partial charge on any atom is -0.386 e. The van der Waals surface area contributed by atoms with Crippen molar-refractivity contribution in [3.63, 3.8) is 0 Å². The predicted octanol–water partition coefficient (Wildman–Crippen LogP) is 7.55. The maximum Gasteiger partial charge on any atom is 0.449 e. The second kappa shape index (κ2) is 13.5. The van der Waals surface area contributed by atoms with Gasteiger partial charge in [0.1, 0.15) is 17.7 Å². The van der Waals surface area contributed by atoms with Crippen molar-refractivity contribution >= 4 is 10.4 Å². The summed E-state index contributed by atoms with van der Waals surface area (Å²) in [6, 6.07) is 12.7. The first-order valence-corrected chi connectivity index (χ1v) is 14.9. The van der Waals surface area contributed by atoms with Crippen molar-refractivity contribution in [2.75, 3.05) is 6.61 Å². The third-order valence-corrected chi connectivity index (χ3v) is 7.40. The number of aliphatic hydroxyl groups is 1. The van der Waals surface area contributed by atoms with E-state index in [2.05, 4.69) is 20.8 Å². The molecule has 39 heavy (non-hydrogen) atoms. The molecule has 0 radical (unpaired) electrons. The molecule has 2 aromatic carbocycles. The Balaban J connectivity index is 2.10. The van der Waals surface area contributed by atoms with E-state index in [1.807, 2.05) is 20.8 Å². The average Bonchev–Trinajstić information content (AvgIpc) is 2.88. The summed E-state index contributed by atoms with van der Waals surface area (Å²) in [5, 5.41) is 11.5. The minimum absolute atomic E-state index is 0.0727. The van der Waals surface area contributed by atoms with E-state index < -0.39 is 23.1 Å². The molecule has 0 aliphatic carbocycles. The van der Waals surface area contributed by atoms with E-state index in [9.17, 15) is 17.9 Å². The summed E-state index contributed by atoms with van der Waals surface area (Å²) in [6.07, 6.45) is 2.41. The summed E-state index contributed by atoms with van der Waals surface area (Å²) in [5.74, 6) is -0.204. The van der Waals surface area contributed by atoms with Gasteiger partial charge in [0, 0.05) is 17.0 Å². The smallest absolute Gasteiger partial charge is 0.386 e. The fourth-order valence-corrected chi connectivity index (χ4v) is 5.34. The van der Waals surface area contributed by atoms with E-state index in [0.29, 0.717) is 11.3 Å². The highest BCUT2D eigenvalue weighted by molar-refractivity contribution is 7.82. The third-order valence-electron chi connectivity index (χ3n) is 6.58. The number of hydrogen-bond donors (Lipinski definition) is 1. The zero-order valence-electron chi connectivity index (χ0n) is 23.7. The lowest BCUT2D eigenvalue weighted by Gasteiger charge is -2.27. The molecule has 0 aliphatic rings. The van der Waals surface area contributed by atoms with E-state index in [1.54, 1.807) is 24.3 Å². The summed E-state index contributed by atoms with van der Waals surface area (Å²) in [5.41, 5.74) is 5.54. The molecule has 0 saturated carbocycles. The van der Waals surface area contributed by atoms with E-state index in [1.165, 1.54) is 24.3 Å². The van der Waals surface area contributed by atoms with Crippen LogP contribution in [0.25, 0.3) is 11.1 Å². The number of aliphatic hydroxyl groups excluding tert-OH is 1. The number of halogens is 1. The number of rotatable bonds is 13. The van der Waals surface area contributed by atoms with Crippen LogP contribution in [0.4, 0.5) is 4.39 Å². The lowest BCUT2D eigenvalue weighted by atomic mass is 9.83. The van der Waals surface area contributed by atoms with Crippen LogP contribution in [-0.4, -0.2) is 25.1 Å². The zero-order valence-corrected chi connectivity index (χ0v) is 24.5. The fourth-order valence-electron chi connectivity index (χ4n) is 4.65. The van der Waals surface area contributed by atoms with Crippen LogP contribution in [0.3, 0.4) is 0 Å². The van der Waals surface area contributed by atoms with Gasteiger partial charge in [0.2, 0.25) is 0 Å². The largest absolute Gasteiger partial charge is 0.449 e. The van der Waals surface area contributed by atoms with Gasteiger partial charge in [0.25, 0.3) is 0 Å². The standard InChI is InChI=1S/C31H40FNO5S/c1-7-8-9-10-26-28(23-13-15-24(32)16-14-23)29(31(21(4)5)33-30(26)20(2)3)27(34)19-37-39(35,36)38-25-17-11-22(6)12-18-25/h11-18,20-21,27,34H,7-10,19H2,1-6H3/t27-/m1/s1. The van der Waals surface area contributed by atoms with Gasteiger partial charge < -0.3 is 9.29 Å². The molecule has 212 valence electrons. The first-order chi connectivity index (χ1) is 18.4. The highest BCUT2D eigenvalue weighted by atomic mass is 32.3. The van der Waals surface area contributed by atoms with Crippen molar-refractivity contribution < 1.29 is 26.3 Å². The maximum absolute atomic E-state index is 13.9. The molecule has 0 unspecified atom stereocenters. The van der Waals surface area contributed by atoms with Gasteiger partial charge in [-0.2, -0.15) is 8.42 Å². The van der Waals surface area contributed by atoms with Crippen LogP contribution in [0, 0.1) is 12.7 Å². The van der Waals surface area contributed by atoms with Gasteiger partial charge in [-0.15, -0.1) is 0 Å². The number of nitrogens with zero attached hydrogens (tertiary/aromatic N) is 1. The molecule has 1 aromatic heterocycles. The SMILES string of the molecule is CCCCCc1c(C(C)C)nc(C(C)C)c([C@H](O)COS(=O)(=O)Oc2ccc(C)cc2)c1-c1ccc(F)cc1. The first-order valence-electron chi connectivity index (χ1n) is 13.6. The van der Waals surface area contributed by atoms with Gasteiger partial charge >= 0.3 is 10.4 Å². The number of hydrogen-bond acceptors (Lipinski definition) is 6. The van der Waals surface area contributed by atoms with Crippen molar-refractivity contribution in [2.24, 2.45) is 0 Å². The summed E-state index contributed by atoms with van der Waals surface area (Å²) in [6.45, 7) is 11.6. The molecule has 1 atom stereocenters. The lowest BCUT2D eigenvalue weighted by molar-refractivity contribution is 0.103. The Bertz CT molecular complexity index is 1340. The van der Waals surface area contributed by atoms with Crippen LogP contribution >= 0.6 is 0 Å². The zero-order chi connectivity index (χ0) is 28.7. The second-order valence-corrected chi connectivity index (χ2v) is 11.7. The van der Waals surface area contributed by atoms with Crippen molar-refractivity contribution in [3.05, 3.63) is 82.4 Å². The van der Waals surface area contributed by atoms with Crippen LogP contribution in [0.1, 0.15) is 99.9 Å². The maximum atomic E-state index is 13.9.